The number of guanidine groups is 1. The van der Waals surface area contributed by atoms with Gasteiger partial charge in [0.05, 0.1) is 6.61 Å². The SMILES string of the molecule is CCNC(=NCCCN1CCCC1=O)NCCCOCCc1ccccc1. The van der Waals surface area contributed by atoms with Gasteiger partial charge in [0.2, 0.25) is 5.91 Å². The Hall–Kier alpha value is -2.08. The van der Waals surface area contributed by atoms with Gasteiger partial charge in [-0.2, -0.15) is 0 Å². The number of hydrogen-bond donors (Lipinski definition) is 2. The molecule has 6 nitrogen and oxygen atoms in total. The molecule has 0 radical (unpaired) electrons. The van der Waals surface area contributed by atoms with Gasteiger partial charge in [-0.1, -0.05) is 30.3 Å². The van der Waals surface area contributed by atoms with Gasteiger partial charge in [-0.3, -0.25) is 9.79 Å². The summed E-state index contributed by atoms with van der Waals surface area (Å²) in [7, 11) is 0. The largest absolute Gasteiger partial charge is 0.381 e. The van der Waals surface area contributed by atoms with Crippen molar-refractivity contribution in [3.8, 4) is 0 Å². The van der Waals surface area contributed by atoms with Gasteiger partial charge in [0.15, 0.2) is 5.96 Å². The zero-order valence-corrected chi connectivity index (χ0v) is 16.6. The molecule has 6 heteroatoms. The summed E-state index contributed by atoms with van der Waals surface area (Å²) in [5.74, 6) is 1.13. The lowest BCUT2D eigenvalue weighted by Crippen LogP contribution is -2.38. The highest BCUT2D eigenvalue weighted by molar-refractivity contribution is 5.79. The lowest BCUT2D eigenvalue weighted by atomic mass is 10.2. The van der Waals surface area contributed by atoms with Crippen LogP contribution in [0.25, 0.3) is 0 Å². The summed E-state index contributed by atoms with van der Waals surface area (Å²) in [6, 6.07) is 10.4. The molecule has 1 aromatic rings. The van der Waals surface area contributed by atoms with Crippen molar-refractivity contribution in [1.82, 2.24) is 15.5 Å². The molecule has 0 aromatic heterocycles. The molecule has 1 heterocycles. The van der Waals surface area contributed by atoms with Crippen LogP contribution >= 0.6 is 0 Å². The van der Waals surface area contributed by atoms with Gasteiger partial charge in [0, 0.05) is 45.8 Å². The van der Waals surface area contributed by atoms with Gasteiger partial charge in [0.25, 0.3) is 0 Å². The molecular formula is C21H34N4O2. The third-order valence-corrected chi connectivity index (χ3v) is 4.51. The van der Waals surface area contributed by atoms with E-state index < -0.39 is 0 Å². The second kappa shape index (κ2) is 13.1. The van der Waals surface area contributed by atoms with Crippen LogP contribution in [0, 0.1) is 0 Å². The topological polar surface area (TPSA) is 66.0 Å². The van der Waals surface area contributed by atoms with Gasteiger partial charge in [-0.15, -0.1) is 0 Å². The number of benzene rings is 1. The summed E-state index contributed by atoms with van der Waals surface area (Å²) in [6.45, 7) is 7.69. The average molecular weight is 375 g/mol. The van der Waals surface area contributed by atoms with Crippen LogP contribution in [0.5, 0.6) is 0 Å². The van der Waals surface area contributed by atoms with Crippen molar-refractivity contribution in [3.63, 3.8) is 0 Å². The fraction of sp³-hybridized carbons (Fsp3) is 0.619. The van der Waals surface area contributed by atoms with Crippen LogP contribution in [-0.2, 0) is 16.0 Å². The Bertz CT molecular complexity index is 563. The monoisotopic (exact) mass is 374 g/mol. The maximum Gasteiger partial charge on any atom is 0.222 e. The number of ether oxygens (including phenoxy) is 1. The summed E-state index contributed by atoms with van der Waals surface area (Å²) in [5, 5.41) is 6.61. The van der Waals surface area contributed by atoms with Crippen molar-refractivity contribution in [1.29, 1.82) is 0 Å². The van der Waals surface area contributed by atoms with Crippen molar-refractivity contribution in [3.05, 3.63) is 35.9 Å². The minimum atomic E-state index is 0.288. The second-order valence-electron chi connectivity index (χ2n) is 6.73. The highest BCUT2D eigenvalue weighted by Gasteiger charge is 2.18. The first-order chi connectivity index (χ1) is 13.3. The Morgan fingerprint density at radius 2 is 2.04 bits per heavy atom. The summed E-state index contributed by atoms with van der Waals surface area (Å²) >= 11 is 0. The fourth-order valence-electron chi connectivity index (χ4n) is 3.05. The Morgan fingerprint density at radius 3 is 2.78 bits per heavy atom. The van der Waals surface area contributed by atoms with Crippen LogP contribution in [0.15, 0.2) is 35.3 Å². The minimum absolute atomic E-state index is 0.288. The first-order valence-corrected chi connectivity index (χ1v) is 10.2. The molecule has 2 N–H and O–H groups in total. The number of nitrogens with one attached hydrogen (secondary N) is 2. The van der Waals surface area contributed by atoms with Crippen molar-refractivity contribution in [2.75, 3.05) is 45.9 Å². The van der Waals surface area contributed by atoms with E-state index in [0.29, 0.717) is 6.42 Å². The first-order valence-electron chi connectivity index (χ1n) is 10.2. The van der Waals surface area contributed by atoms with E-state index in [9.17, 15) is 4.79 Å². The number of hydrogen-bond acceptors (Lipinski definition) is 3. The highest BCUT2D eigenvalue weighted by Crippen LogP contribution is 2.09. The predicted octanol–water partition coefficient (Wildman–Crippen LogP) is 2.20. The van der Waals surface area contributed by atoms with E-state index in [1.165, 1.54) is 5.56 Å². The molecule has 1 aromatic carbocycles. The number of aliphatic imine (C=N–C) groups is 1. The number of likely N-dealkylation sites (tertiary alicyclic amines) is 1. The van der Waals surface area contributed by atoms with E-state index in [2.05, 4.69) is 46.8 Å². The lowest BCUT2D eigenvalue weighted by Gasteiger charge is -2.15. The first kappa shape index (κ1) is 21.2. The Labute approximate surface area is 163 Å². The van der Waals surface area contributed by atoms with E-state index >= 15 is 0 Å². The van der Waals surface area contributed by atoms with E-state index in [-0.39, 0.29) is 5.91 Å². The predicted molar refractivity (Wildman–Crippen MR) is 110 cm³/mol. The molecule has 1 saturated heterocycles. The van der Waals surface area contributed by atoms with Gasteiger partial charge in [-0.25, -0.2) is 0 Å². The van der Waals surface area contributed by atoms with Crippen molar-refractivity contribution >= 4 is 11.9 Å². The Balaban J connectivity index is 1.52. The number of amides is 1. The van der Waals surface area contributed by atoms with Crippen LogP contribution in [0.2, 0.25) is 0 Å². The lowest BCUT2D eigenvalue weighted by molar-refractivity contribution is -0.127. The molecule has 0 bridgehead atoms. The number of rotatable bonds is 12. The van der Waals surface area contributed by atoms with Gasteiger partial charge < -0.3 is 20.3 Å². The molecule has 150 valence electrons. The normalized spacial score (nSPS) is 14.6. The van der Waals surface area contributed by atoms with Gasteiger partial charge in [-0.05, 0) is 38.2 Å². The number of carbonyl (C=O) groups excluding carboxylic acids is 1. The zero-order chi connectivity index (χ0) is 19.2. The average Bonchev–Trinajstić information content (AvgIpc) is 3.10. The molecule has 0 spiro atoms. The smallest absolute Gasteiger partial charge is 0.222 e. The van der Waals surface area contributed by atoms with Crippen molar-refractivity contribution in [2.24, 2.45) is 4.99 Å². The Morgan fingerprint density at radius 1 is 1.19 bits per heavy atom. The molecule has 0 atom stereocenters. The van der Waals surface area contributed by atoms with Crippen LogP contribution in [0.3, 0.4) is 0 Å². The number of carbonyl (C=O) groups is 1. The van der Waals surface area contributed by atoms with E-state index in [4.69, 9.17) is 4.74 Å². The van der Waals surface area contributed by atoms with Crippen molar-refractivity contribution in [2.45, 2.75) is 39.0 Å². The third-order valence-electron chi connectivity index (χ3n) is 4.51. The van der Waals surface area contributed by atoms with Gasteiger partial charge in [0.1, 0.15) is 0 Å². The zero-order valence-electron chi connectivity index (χ0n) is 16.6. The summed E-state index contributed by atoms with van der Waals surface area (Å²) < 4.78 is 5.71. The molecule has 0 saturated carbocycles. The van der Waals surface area contributed by atoms with E-state index in [1.54, 1.807) is 0 Å². The van der Waals surface area contributed by atoms with Crippen LogP contribution in [0.4, 0.5) is 0 Å². The molecule has 1 fully saturated rings. The molecular weight excluding hydrogens is 340 g/mol. The maximum absolute atomic E-state index is 11.6. The molecule has 0 aliphatic carbocycles. The van der Waals surface area contributed by atoms with Gasteiger partial charge >= 0.3 is 0 Å². The van der Waals surface area contributed by atoms with Crippen LogP contribution < -0.4 is 10.6 Å². The van der Waals surface area contributed by atoms with Crippen LogP contribution in [0.1, 0.15) is 38.2 Å². The number of nitrogens with zero attached hydrogens (tertiary/aromatic N) is 2. The van der Waals surface area contributed by atoms with Crippen molar-refractivity contribution < 1.29 is 9.53 Å². The molecule has 1 amide bonds. The third kappa shape index (κ3) is 8.91. The molecule has 1 aliphatic heterocycles. The standard InChI is InChI=1S/C21H34N4O2/c1-2-22-21(23-13-7-16-25-15-6-11-20(25)26)24-14-8-17-27-18-12-19-9-4-3-5-10-19/h3-5,9-10H,2,6-8,11-18H2,1H3,(H2,22,23,24). The van der Waals surface area contributed by atoms with E-state index in [1.807, 2.05) is 11.0 Å². The summed E-state index contributed by atoms with van der Waals surface area (Å²) in [5.41, 5.74) is 1.31. The fourth-order valence-corrected chi connectivity index (χ4v) is 3.05. The quantitative estimate of drug-likeness (QED) is 0.334. The highest BCUT2D eigenvalue weighted by atomic mass is 16.5. The molecule has 1 aliphatic rings. The summed E-state index contributed by atoms with van der Waals surface area (Å²) in [6.07, 6.45) is 4.52. The maximum atomic E-state index is 11.6. The summed E-state index contributed by atoms with van der Waals surface area (Å²) in [4.78, 5) is 18.1. The molecule has 27 heavy (non-hydrogen) atoms. The molecule has 2 rings (SSSR count). The molecule has 0 unspecified atom stereocenters. The Kier molecular flexibility index (Phi) is 10.3. The minimum Gasteiger partial charge on any atom is -0.381 e. The second-order valence-corrected chi connectivity index (χ2v) is 6.73. The van der Waals surface area contributed by atoms with E-state index in [0.717, 1.165) is 77.6 Å². The van der Waals surface area contributed by atoms with Crippen LogP contribution in [-0.4, -0.2) is 62.7 Å².